The van der Waals surface area contributed by atoms with Crippen molar-refractivity contribution in [2.45, 2.75) is 46.5 Å². The van der Waals surface area contributed by atoms with Gasteiger partial charge in [-0.15, -0.1) is 0 Å². The van der Waals surface area contributed by atoms with Crippen molar-refractivity contribution in [1.82, 2.24) is 24.5 Å². The number of Topliss-reactive ketones (excluding diaryl/α,β-unsaturated/α-hetero) is 1. The van der Waals surface area contributed by atoms with E-state index in [9.17, 15) is 9.59 Å². The minimum absolute atomic E-state index is 0.261. The Morgan fingerprint density at radius 3 is 1.38 bits per heavy atom. The number of ether oxygens (including phenoxy) is 3. The van der Waals surface area contributed by atoms with Crippen LogP contribution in [0.1, 0.15) is 46.5 Å². The minimum Gasteiger partial charge on any atom is -0.369 e. The predicted octanol–water partition coefficient (Wildman–Crippen LogP) is 1.65. The third-order valence-electron chi connectivity index (χ3n) is 7.27. The van der Waals surface area contributed by atoms with Crippen molar-refractivity contribution >= 4 is 11.7 Å². The number of likely N-dealkylation sites (N-methyl/N-ethyl adjacent to an activating group) is 1. The molecule has 3 heterocycles. The van der Waals surface area contributed by atoms with Gasteiger partial charge in [0, 0.05) is 106 Å². The maximum atomic E-state index is 11.4. The molecule has 0 aromatic rings. The van der Waals surface area contributed by atoms with E-state index >= 15 is 0 Å². The molecule has 218 valence electrons. The van der Waals surface area contributed by atoms with Crippen LogP contribution >= 0.6 is 0 Å². The molecule has 0 aromatic heterocycles. The Kier molecular flexibility index (Phi) is 19.0. The number of nitrogens with zero attached hydrogens (tertiary/aromatic N) is 5. The standard InChI is InChI=1S/C10H19NO2.C9H18N2O2.C8H18N2O/c1-3-10(12)9-4-6-11(7-5-9)8-13-2;1-3-9(12)11-6-4-10(5-7-11)8-13-2;1-3-9-4-6-10(7-5-9)8-11-2/h9H,3-8H2,1-2H3;3-8H2,1-2H3;3-8H2,1-2H3. The SMILES string of the molecule is CCC(=O)C1CCN(COC)CC1.CCC(=O)N1CCN(COC)CC1.CCN1CCN(COC)CC1. The number of carbonyl (C=O) groups excluding carboxylic acids is 2. The van der Waals surface area contributed by atoms with E-state index in [2.05, 4.69) is 26.5 Å². The number of piperazine rings is 2. The lowest BCUT2D eigenvalue weighted by Crippen LogP contribution is -2.48. The molecule has 0 unspecified atom stereocenters. The summed E-state index contributed by atoms with van der Waals surface area (Å²) in [6.07, 6.45) is 3.32. The molecule has 1 amide bonds. The van der Waals surface area contributed by atoms with Crippen LogP contribution in [0.15, 0.2) is 0 Å². The van der Waals surface area contributed by atoms with Gasteiger partial charge in [0.1, 0.15) is 5.78 Å². The van der Waals surface area contributed by atoms with Crippen molar-refractivity contribution < 1.29 is 23.8 Å². The van der Waals surface area contributed by atoms with Gasteiger partial charge >= 0.3 is 0 Å². The van der Waals surface area contributed by atoms with Gasteiger partial charge in [-0.05, 0) is 19.4 Å². The van der Waals surface area contributed by atoms with Crippen LogP contribution in [0.3, 0.4) is 0 Å². The zero-order chi connectivity index (χ0) is 27.5. The molecule has 3 fully saturated rings. The van der Waals surface area contributed by atoms with Gasteiger partial charge in [0.25, 0.3) is 0 Å². The largest absolute Gasteiger partial charge is 0.369 e. The van der Waals surface area contributed by atoms with Crippen molar-refractivity contribution in [3.8, 4) is 0 Å². The van der Waals surface area contributed by atoms with Gasteiger partial charge in [-0.1, -0.05) is 20.8 Å². The molecular weight excluding hydrogens is 474 g/mol. The van der Waals surface area contributed by atoms with E-state index < -0.39 is 0 Å². The number of amides is 1. The second-order valence-corrected chi connectivity index (χ2v) is 9.87. The van der Waals surface area contributed by atoms with Crippen LogP contribution in [0.25, 0.3) is 0 Å². The Hall–Kier alpha value is -1.14. The Morgan fingerprint density at radius 2 is 1.00 bits per heavy atom. The number of carbonyl (C=O) groups is 2. The molecule has 0 saturated carbocycles. The van der Waals surface area contributed by atoms with Crippen molar-refractivity contribution in [2.75, 3.05) is 114 Å². The molecule has 3 rings (SSSR count). The fourth-order valence-corrected chi connectivity index (χ4v) is 4.81. The zero-order valence-electron chi connectivity index (χ0n) is 24.6. The van der Waals surface area contributed by atoms with Crippen molar-refractivity contribution in [3.05, 3.63) is 0 Å². The fraction of sp³-hybridized carbons (Fsp3) is 0.926. The van der Waals surface area contributed by atoms with Gasteiger partial charge < -0.3 is 24.0 Å². The average Bonchev–Trinajstić information content (AvgIpc) is 2.95. The molecule has 10 heteroatoms. The van der Waals surface area contributed by atoms with Gasteiger partial charge in [0.2, 0.25) is 5.91 Å². The van der Waals surface area contributed by atoms with E-state index in [0.717, 1.165) is 71.9 Å². The maximum Gasteiger partial charge on any atom is 0.222 e. The van der Waals surface area contributed by atoms with Gasteiger partial charge in [-0.3, -0.25) is 24.3 Å². The number of hydrogen-bond donors (Lipinski definition) is 0. The average molecular weight is 530 g/mol. The van der Waals surface area contributed by atoms with Crippen molar-refractivity contribution in [1.29, 1.82) is 0 Å². The molecule has 0 aromatic carbocycles. The lowest BCUT2D eigenvalue weighted by Gasteiger charge is -2.33. The lowest BCUT2D eigenvalue weighted by atomic mass is 9.91. The lowest BCUT2D eigenvalue weighted by molar-refractivity contribution is -0.133. The normalized spacial score (nSPS) is 20.5. The van der Waals surface area contributed by atoms with E-state index in [1.54, 1.807) is 21.3 Å². The first-order valence-electron chi connectivity index (χ1n) is 14.1. The van der Waals surface area contributed by atoms with Gasteiger partial charge in [-0.25, -0.2) is 0 Å². The molecule has 0 N–H and O–H groups in total. The molecule has 0 atom stereocenters. The second-order valence-electron chi connectivity index (χ2n) is 9.87. The Bertz CT molecular complexity index is 550. The number of rotatable bonds is 10. The second kappa shape index (κ2) is 20.8. The summed E-state index contributed by atoms with van der Waals surface area (Å²) in [5.74, 6) is 1.01. The molecule has 0 aliphatic carbocycles. The van der Waals surface area contributed by atoms with Crippen molar-refractivity contribution in [2.24, 2.45) is 5.92 Å². The summed E-state index contributed by atoms with van der Waals surface area (Å²) in [6, 6.07) is 0. The van der Waals surface area contributed by atoms with E-state index in [1.807, 2.05) is 18.7 Å². The number of likely N-dealkylation sites (tertiary alicyclic amines) is 1. The smallest absolute Gasteiger partial charge is 0.222 e. The topological polar surface area (TPSA) is 78.0 Å². The third-order valence-corrected chi connectivity index (χ3v) is 7.27. The first-order chi connectivity index (χ1) is 17.9. The van der Waals surface area contributed by atoms with Crippen LogP contribution in [-0.4, -0.2) is 150 Å². The number of piperidine rings is 1. The fourth-order valence-electron chi connectivity index (χ4n) is 4.81. The first-order valence-corrected chi connectivity index (χ1v) is 14.1. The number of methoxy groups -OCH3 is 3. The summed E-state index contributed by atoms with van der Waals surface area (Å²) in [5.41, 5.74) is 0. The third kappa shape index (κ3) is 14.0. The summed E-state index contributed by atoms with van der Waals surface area (Å²) >= 11 is 0. The highest BCUT2D eigenvalue weighted by Gasteiger charge is 2.23. The number of hydrogen-bond acceptors (Lipinski definition) is 9. The van der Waals surface area contributed by atoms with E-state index in [1.165, 1.54) is 19.6 Å². The molecule has 0 spiro atoms. The minimum atomic E-state index is 0.261. The number of ketones is 1. The molecule has 0 radical (unpaired) electrons. The van der Waals surface area contributed by atoms with Crippen LogP contribution in [0.2, 0.25) is 0 Å². The molecule has 3 saturated heterocycles. The van der Waals surface area contributed by atoms with Gasteiger partial charge in [0.15, 0.2) is 0 Å². The van der Waals surface area contributed by atoms with E-state index in [4.69, 9.17) is 14.2 Å². The summed E-state index contributed by atoms with van der Waals surface area (Å²) in [4.78, 5) is 33.9. The molecule has 3 aliphatic heterocycles. The molecule has 0 bridgehead atoms. The highest BCUT2D eigenvalue weighted by atomic mass is 16.5. The monoisotopic (exact) mass is 529 g/mol. The zero-order valence-corrected chi connectivity index (χ0v) is 24.6. The van der Waals surface area contributed by atoms with Crippen LogP contribution in [0.4, 0.5) is 0 Å². The van der Waals surface area contributed by atoms with Gasteiger partial charge in [0.05, 0.1) is 20.2 Å². The quantitative estimate of drug-likeness (QED) is 0.420. The molecule has 3 aliphatic rings. The maximum absolute atomic E-state index is 11.4. The summed E-state index contributed by atoms with van der Waals surface area (Å²) in [7, 11) is 5.17. The highest BCUT2D eigenvalue weighted by molar-refractivity contribution is 5.80. The predicted molar refractivity (Wildman–Crippen MR) is 147 cm³/mol. The van der Waals surface area contributed by atoms with Gasteiger partial charge in [-0.2, -0.15) is 0 Å². The first kappa shape index (κ1) is 33.9. The van der Waals surface area contributed by atoms with Crippen LogP contribution in [-0.2, 0) is 23.8 Å². The molecule has 10 nitrogen and oxygen atoms in total. The Morgan fingerprint density at radius 1 is 0.595 bits per heavy atom. The van der Waals surface area contributed by atoms with E-state index in [0.29, 0.717) is 38.0 Å². The van der Waals surface area contributed by atoms with Crippen molar-refractivity contribution in [3.63, 3.8) is 0 Å². The highest BCUT2D eigenvalue weighted by Crippen LogP contribution is 2.18. The van der Waals surface area contributed by atoms with E-state index in [-0.39, 0.29) is 5.91 Å². The summed E-state index contributed by atoms with van der Waals surface area (Å²) in [5, 5.41) is 0. The Balaban J connectivity index is 0.000000279. The summed E-state index contributed by atoms with van der Waals surface area (Å²) in [6.45, 7) is 19.7. The summed E-state index contributed by atoms with van der Waals surface area (Å²) < 4.78 is 15.1. The molecular formula is C27H55N5O5. The van der Waals surface area contributed by atoms with Crippen LogP contribution in [0.5, 0.6) is 0 Å². The van der Waals surface area contributed by atoms with Crippen LogP contribution < -0.4 is 0 Å². The Labute approximate surface area is 226 Å². The van der Waals surface area contributed by atoms with Crippen LogP contribution in [0, 0.1) is 5.92 Å². The molecule has 37 heavy (non-hydrogen) atoms.